The van der Waals surface area contributed by atoms with Crippen LogP contribution < -0.4 is 5.32 Å². The molecular weight excluding hydrogens is 254 g/mol. The summed E-state index contributed by atoms with van der Waals surface area (Å²) in [5.74, 6) is 1.03. The third kappa shape index (κ3) is 3.08. The van der Waals surface area contributed by atoms with Crippen LogP contribution in [0.1, 0.15) is 42.7 Å². The summed E-state index contributed by atoms with van der Waals surface area (Å²) < 4.78 is 29.3. The van der Waals surface area contributed by atoms with Gasteiger partial charge in [-0.15, -0.1) is 10.2 Å². The molecule has 102 valence electrons. The van der Waals surface area contributed by atoms with Crippen molar-refractivity contribution >= 4 is 9.84 Å². The maximum absolute atomic E-state index is 11.9. The van der Waals surface area contributed by atoms with Crippen LogP contribution in [-0.4, -0.2) is 38.0 Å². The summed E-state index contributed by atoms with van der Waals surface area (Å²) in [7, 11) is -1.21. The minimum atomic E-state index is -3.10. The van der Waals surface area contributed by atoms with Crippen LogP contribution in [-0.2, 0) is 16.3 Å². The van der Waals surface area contributed by atoms with Crippen molar-refractivity contribution in [2.75, 3.05) is 19.3 Å². The van der Waals surface area contributed by atoms with E-state index in [0.29, 0.717) is 18.7 Å². The number of aromatic nitrogens is 2. The van der Waals surface area contributed by atoms with Gasteiger partial charge in [0.2, 0.25) is 11.8 Å². The van der Waals surface area contributed by atoms with Gasteiger partial charge in [0.15, 0.2) is 9.84 Å². The van der Waals surface area contributed by atoms with Gasteiger partial charge in [0.1, 0.15) is 5.25 Å². The number of nitrogens with zero attached hydrogens (tertiary/aromatic N) is 2. The highest BCUT2D eigenvalue weighted by Crippen LogP contribution is 2.32. The van der Waals surface area contributed by atoms with Gasteiger partial charge in [0, 0.05) is 6.42 Å². The molecule has 7 heteroatoms. The molecule has 1 aliphatic rings. The van der Waals surface area contributed by atoms with E-state index >= 15 is 0 Å². The molecule has 1 atom stereocenters. The topological polar surface area (TPSA) is 85.1 Å². The van der Waals surface area contributed by atoms with E-state index in [1.165, 1.54) is 0 Å². The third-order valence-electron chi connectivity index (χ3n) is 3.15. The second-order valence-electron chi connectivity index (χ2n) is 4.59. The second-order valence-corrected chi connectivity index (χ2v) is 6.90. The molecule has 6 nitrogen and oxygen atoms in total. The highest BCUT2D eigenvalue weighted by molar-refractivity contribution is 7.91. The molecule has 1 aliphatic heterocycles. The zero-order valence-electron chi connectivity index (χ0n) is 10.6. The fourth-order valence-corrected chi connectivity index (χ4v) is 3.97. The van der Waals surface area contributed by atoms with Crippen molar-refractivity contribution in [2.45, 2.75) is 37.4 Å². The molecule has 1 aromatic heterocycles. The van der Waals surface area contributed by atoms with Gasteiger partial charge in [-0.2, -0.15) is 0 Å². The molecule has 0 aromatic carbocycles. The van der Waals surface area contributed by atoms with Gasteiger partial charge in [0.25, 0.3) is 0 Å². The fourth-order valence-electron chi connectivity index (χ4n) is 2.15. The van der Waals surface area contributed by atoms with E-state index in [2.05, 4.69) is 15.5 Å². The summed E-state index contributed by atoms with van der Waals surface area (Å²) in [6, 6.07) is 0. The first-order chi connectivity index (χ1) is 8.63. The van der Waals surface area contributed by atoms with Gasteiger partial charge >= 0.3 is 0 Å². The molecule has 18 heavy (non-hydrogen) atoms. The molecule has 0 amide bonds. The van der Waals surface area contributed by atoms with Gasteiger partial charge in [-0.3, -0.25) is 0 Å². The van der Waals surface area contributed by atoms with Gasteiger partial charge in [-0.25, -0.2) is 8.42 Å². The maximum atomic E-state index is 11.9. The number of nitrogens with one attached hydrogen (secondary N) is 1. The summed E-state index contributed by atoms with van der Waals surface area (Å²) in [5.41, 5.74) is 0. The Morgan fingerprint density at radius 3 is 2.94 bits per heavy atom. The number of hydrogen-bond donors (Lipinski definition) is 1. The SMILES string of the molecule is CNCCCc1nnc(C2CCCCS2(=O)=O)o1. The molecule has 0 saturated carbocycles. The minimum Gasteiger partial charge on any atom is -0.424 e. The van der Waals surface area contributed by atoms with E-state index in [9.17, 15) is 8.42 Å². The van der Waals surface area contributed by atoms with Crippen LogP contribution in [0.2, 0.25) is 0 Å². The Bertz CT molecular complexity index is 483. The number of hydrogen-bond acceptors (Lipinski definition) is 6. The van der Waals surface area contributed by atoms with Gasteiger partial charge in [0.05, 0.1) is 5.75 Å². The lowest BCUT2D eigenvalue weighted by Crippen LogP contribution is -2.21. The van der Waals surface area contributed by atoms with Crippen molar-refractivity contribution < 1.29 is 12.8 Å². The largest absolute Gasteiger partial charge is 0.424 e. The molecule has 0 radical (unpaired) electrons. The summed E-state index contributed by atoms with van der Waals surface area (Å²) in [6.07, 6.45) is 3.82. The Kier molecular flexibility index (Phi) is 4.34. The number of rotatable bonds is 5. The Hall–Kier alpha value is -0.950. The Balaban J connectivity index is 2.04. The molecule has 0 aliphatic carbocycles. The molecule has 1 N–H and O–H groups in total. The molecular formula is C11H19N3O3S. The van der Waals surface area contributed by atoms with Crippen LogP contribution in [0.25, 0.3) is 0 Å². The highest BCUT2D eigenvalue weighted by atomic mass is 32.2. The van der Waals surface area contributed by atoms with Crippen LogP contribution in [0.5, 0.6) is 0 Å². The predicted molar refractivity (Wildman–Crippen MR) is 66.9 cm³/mol. The zero-order valence-corrected chi connectivity index (χ0v) is 11.4. The van der Waals surface area contributed by atoms with E-state index in [1.807, 2.05) is 7.05 Å². The molecule has 0 bridgehead atoms. The molecule has 1 fully saturated rings. The van der Waals surface area contributed by atoms with E-state index in [-0.39, 0.29) is 11.6 Å². The van der Waals surface area contributed by atoms with E-state index < -0.39 is 15.1 Å². The van der Waals surface area contributed by atoms with Crippen molar-refractivity contribution in [1.82, 2.24) is 15.5 Å². The van der Waals surface area contributed by atoms with Crippen molar-refractivity contribution in [2.24, 2.45) is 0 Å². The molecule has 2 rings (SSSR count). The van der Waals surface area contributed by atoms with Crippen molar-refractivity contribution in [1.29, 1.82) is 0 Å². The van der Waals surface area contributed by atoms with Crippen molar-refractivity contribution in [3.63, 3.8) is 0 Å². The zero-order chi connectivity index (χ0) is 13.0. The number of aryl methyl sites for hydroxylation is 1. The fraction of sp³-hybridized carbons (Fsp3) is 0.818. The predicted octanol–water partition coefficient (Wildman–Crippen LogP) is 0.861. The molecule has 1 unspecified atom stereocenters. The lowest BCUT2D eigenvalue weighted by Gasteiger charge is -2.18. The molecule has 0 spiro atoms. The Labute approximate surface area is 107 Å². The Morgan fingerprint density at radius 2 is 2.22 bits per heavy atom. The van der Waals surface area contributed by atoms with Crippen LogP contribution in [0.15, 0.2) is 4.42 Å². The second kappa shape index (κ2) is 5.79. The first kappa shape index (κ1) is 13.5. The lowest BCUT2D eigenvalue weighted by molar-refractivity contribution is 0.419. The average Bonchev–Trinajstić information content (AvgIpc) is 2.77. The third-order valence-corrected chi connectivity index (χ3v) is 5.32. The monoisotopic (exact) mass is 273 g/mol. The highest BCUT2D eigenvalue weighted by Gasteiger charge is 2.34. The summed E-state index contributed by atoms with van der Waals surface area (Å²) in [4.78, 5) is 0. The van der Waals surface area contributed by atoms with Gasteiger partial charge in [-0.1, -0.05) is 6.42 Å². The first-order valence-electron chi connectivity index (χ1n) is 6.32. The van der Waals surface area contributed by atoms with Crippen LogP contribution in [0.4, 0.5) is 0 Å². The minimum absolute atomic E-state index is 0.231. The summed E-state index contributed by atoms with van der Waals surface area (Å²) >= 11 is 0. The van der Waals surface area contributed by atoms with Gasteiger partial charge < -0.3 is 9.73 Å². The Morgan fingerprint density at radius 1 is 1.39 bits per heavy atom. The van der Waals surface area contributed by atoms with Crippen LogP contribution >= 0.6 is 0 Å². The van der Waals surface area contributed by atoms with E-state index in [1.54, 1.807) is 0 Å². The molecule has 1 saturated heterocycles. The average molecular weight is 273 g/mol. The molecule has 1 aromatic rings. The smallest absolute Gasteiger partial charge is 0.234 e. The number of sulfone groups is 1. The lowest BCUT2D eigenvalue weighted by atomic mass is 10.2. The molecule has 2 heterocycles. The van der Waals surface area contributed by atoms with Crippen molar-refractivity contribution in [3.05, 3.63) is 11.8 Å². The standard InChI is InChI=1S/C11H19N3O3S/c1-12-7-4-6-10-13-14-11(17-10)9-5-2-3-8-18(9,15)16/h9,12H,2-8H2,1H3. The van der Waals surface area contributed by atoms with E-state index in [4.69, 9.17) is 4.42 Å². The van der Waals surface area contributed by atoms with Crippen molar-refractivity contribution in [3.8, 4) is 0 Å². The maximum Gasteiger partial charge on any atom is 0.234 e. The summed E-state index contributed by atoms with van der Waals surface area (Å²) in [6.45, 7) is 0.874. The summed E-state index contributed by atoms with van der Waals surface area (Å²) in [5, 5.41) is 10.3. The normalized spacial score (nSPS) is 23.1. The quantitative estimate of drug-likeness (QED) is 0.801. The first-order valence-corrected chi connectivity index (χ1v) is 8.03. The van der Waals surface area contributed by atoms with Crippen LogP contribution in [0.3, 0.4) is 0 Å². The van der Waals surface area contributed by atoms with Crippen LogP contribution in [0, 0.1) is 0 Å². The van der Waals surface area contributed by atoms with Gasteiger partial charge in [-0.05, 0) is 32.9 Å². The van der Waals surface area contributed by atoms with E-state index in [0.717, 1.165) is 25.8 Å².